The van der Waals surface area contributed by atoms with E-state index in [1.807, 2.05) is 13.0 Å². The molecule has 0 radical (unpaired) electrons. The fraction of sp³-hybridized carbons (Fsp3) is 0.500. The van der Waals surface area contributed by atoms with Crippen LogP contribution in [0, 0.1) is 0 Å². The molecule has 0 saturated carbocycles. The third-order valence-electron chi connectivity index (χ3n) is 2.49. The van der Waals surface area contributed by atoms with Gasteiger partial charge in [-0.05, 0) is 24.0 Å². The van der Waals surface area contributed by atoms with E-state index in [1.165, 1.54) is 0 Å². The average molecular weight is 183 g/mol. The highest BCUT2D eigenvalue weighted by Gasteiger charge is 2.40. The van der Waals surface area contributed by atoms with Crippen LogP contribution in [0.2, 0.25) is 0 Å². The standard InChI is InChI=1S/C10H11F2N/c1-2-7-5-8-3-4-10(11,12)9(8)13-6-7/h5-6H,2-4H2,1H3. The van der Waals surface area contributed by atoms with Gasteiger partial charge in [0.2, 0.25) is 0 Å². The third-order valence-corrected chi connectivity index (χ3v) is 2.49. The van der Waals surface area contributed by atoms with E-state index in [-0.39, 0.29) is 12.1 Å². The number of halogens is 2. The van der Waals surface area contributed by atoms with Crippen molar-refractivity contribution in [3.63, 3.8) is 0 Å². The van der Waals surface area contributed by atoms with Gasteiger partial charge in [-0.15, -0.1) is 0 Å². The molecule has 2 rings (SSSR count). The van der Waals surface area contributed by atoms with E-state index in [9.17, 15) is 8.78 Å². The maximum Gasteiger partial charge on any atom is 0.290 e. The molecule has 70 valence electrons. The summed E-state index contributed by atoms with van der Waals surface area (Å²) in [5, 5.41) is 0. The smallest absolute Gasteiger partial charge is 0.254 e. The molecule has 0 atom stereocenters. The highest BCUT2D eigenvalue weighted by Crippen LogP contribution is 2.40. The number of nitrogens with zero attached hydrogens (tertiary/aromatic N) is 1. The molecule has 0 unspecified atom stereocenters. The first-order chi connectivity index (χ1) is 6.13. The predicted octanol–water partition coefficient (Wildman–Crippen LogP) is 2.68. The first-order valence-electron chi connectivity index (χ1n) is 4.49. The van der Waals surface area contributed by atoms with E-state index in [0.29, 0.717) is 6.42 Å². The fourth-order valence-electron chi connectivity index (χ4n) is 1.68. The molecule has 1 aromatic rings. The minimum absolute atomic E-state index is 0.00954. The first-order valence-corrected chi connectivity index (χ1v) is 4.49. The van der Waals surface area contributed by atoms with Gasteiger partial charge < -0.3 is 0 Å². The number of fused-ring (bicyclic) bond motifs is 1. The van der Waals surface area contributed by atoms with E-state index >= 15 is 0 Å². The van der Waals surface area contributed by atoms with Crippen molar-refractivity contribution in [3.8, 4) is 0 Å². The molecule has 3 heteroatoms. The van der Waals surface area contributed by atoms with Gasteiger partial charge in [0, 0.05) is 12.6 Å². The van der Waals surface area contributed by atoms with Crippen LogP contribution in [0.3, 0.4) is 0 Å². The molecule has 0 aliphatic heterocycles. The zero-order chi connectivity index (χ0) is 9.47. The average Bonchev–Trinajstić information content (AvgIpc) is 2.42. The predicted molar refractivity (Wildman–Crippen MR) is 45.8 cm³/mol. The van der Waals surface area contributed by atoms with Crippen LogP contribution in [0.5, 0.6) is 0 Å². The Morgan fingerprint density at radius 3 is 3.00 bits per heavy atom. The number of hydrogen-bond donors (Lipinski definition) is 0. The maximum absolute atomic E-state index is 13.1. The van der Waals surface area contributed by atoms with E-state index < -0.39 is 5.92 Å². The van der Waals surface area contributed by atoms with Crippen LogP contribution < -0.4 is 0 Å². The molecular formula is C10H11F2N. The van der Waals surface area contributed by atoms with Gasteiger partial charge in [0.15, 0.2) is 0 Å². The quantitative estimate of drug-likeness (QED) is 0.652. The van der Waals surface area contributed by atoms with E-state index in [1.54, 1.807) is 6.20 Å². The van der Waals surface area contributed by atoms with Gasteiger partial charge in [-0.1, -0.05) is 13.0 Å². The van der Waals surface area contributed by atoms with Crippen molar-refractivity contribution in [2.75, 3.05) is 0 Å². The zero-order valence-electron chi connectivity index (χ0n) is 7.48. The lowest BCUT2D eigenvalue weighted by molar-refractivity contribution is -0.00593. The lowest BCUT2D eigenvalue weighted by atomic mass is 10.1. The normalized spacial score (nSPS) is 18.7. The SMILES string of the molecule is CCc1cnc2c(c1)CCC2(F)F. The van der Waals surface area contributed by atoms with Crippen molar-refractivity contribution in [2.45, 2.75) is 32.1 Å². The summed E-state index contributed by atoms with van der Waals surface area (Å²) in [6, 6.07) is 1.85. The highest BCUT2D eigenvalue weighted by atomic mass is 19.3. The molecule has 0 bridgehead atoms. The van der Waals surface area contributed by atoms with E-state index in [4.69, 9.17) is 0 Å². The second-order valence-electron chi connectivity index (χ2n) is 3.41. The number of pyridine rings is 1. The molecule has 0 saturated heterocycles. The second kappa shape index (κ2) is 2.76. The highest BCUT2D eigenvalue weighted by molar-refractivity contribution is 5.32. The molecule has 1 heterocycles. The van der Waals surface area contributed by atoms with Crippen LogP contribution in [-0.4, -0.2) is 4.98 Å². The third kappa shape index (κ3) is 1.32. The Hall–Kier alpha value is -0.990. The molecule has 1 nitrogen and oxygen atoms in total. The summed E-state index contributed by atoms with van der Waals surface area (Å²) in [5.74, 6) is -2.69. The van der Waals surface area contributed by atoms with Gasteiger partial charge in [0.25, 0.3) is 5.92 Å². The van der Waals surface area contributed by atoms with Crippen molar-refractivity contribution in [1.82, 2.24) is 4.98 Å². The van der Waals surface area contributed by atoms with Crippen molar-refractivity contribution < 1.29 is 8.78 Å². The lowest BCUT2D eigenvalue weighted by Gasteiger charge is -2.08. The van der Waals surface area contributed by atoms with Gasteiger partial charge >= 0.3 is 0 Å². The van der Waals surface area contributed by atoms with Gasteiger partial charge in [0.1, 0.15) is 5.69 Å². The van der Waals surface area contributed by atoms with Crippen LogP contribution in [-0.2, 0) is 18.8 Å². The molecule has 0 fully saturated rings. The summed E-state index contributed by atoms with van der Waals surface area (Å²) >= 11 is 0. The molecule has 13 heavy (non-hydrogen) atoms. The molecule has 1 aliphatic carbocycles. The summed E-state index contributed by atoms with van der Waals surface area (Å²) in [6.07, 6.45) is 2.79. The molecule has 1 aliphatic rings. The first kappa shape index (κ1) is 8.60. The second-order valence-corrected chi connectivity index (χ2v) is 3.41. The summed E-state index contributed by atoms with van der Waals surface area (Å²) in [6.45, 7) is 2.00. The van der Waals surface area contributed by atoms with Gasteiger partial charge in [-0.2, -0.15) is 8.78 Å². The zero-order valence-corrected chi connectivity index (χ0v) is 7.48. The monoisotopic (exact) mass is 183 g/mol. The summed E-state index contributed by atoms with van der Waals surface area (Å²) < 4.78 is 26.2. The largest absolute Gasteiger partial charge is 0.290 e. The summed E-state index contributed by atoms with van der Waals surface area (Å²) in [4.78, 5) is 3.83. The minimum Gasteiger partial charge on any atom is -0.254 e. The Bertz CT molecular complexity index is 334. The Morgan fingerprint density at radius 2 is 2.31 bits per heavy atom. The van der Waals surface area contributed by atoms with Crippen LogP contribution >= 0.6 is 0 Å². The van der Waals surface area contributed by atoms with Crippen LogP contribution in [0.1, 0.15) is 30.2 Å². The van der Waals surface area contributed by atoms with Crippen molar-refractivity contribution in [1.29, 1.82) is 0 Å². The Morgan fingerprint density at radius 1 is 1.54 bits per heavy atom. The molecule has 0 amide bonds. The number of hydrogen-bond acceptors (Lipinski definition) is 1. The lowest BCUT2D eigenvalue weighted by Crippen LogP contribution is -2.09. The van der Waals surface area contributed by atoms with Crippen molar-refractivity contribution in [2.24, 2.45) is 0 Å². The summed E-state index contributed by atoms with van der Waals surface area (Å²) in [7, 11) is 0. The Labute approximate surface area is 75.8 Å². The van der Waals surface area contributed by atoms with Crippen molar-refractivity contribution in [3.05, 3.63) is 29.1 Å². The molecule has 0 N–H and O–H groups in total. The number of rotatable bonds is 1. The molecule has 0 spiro atoms. The molecule has 1 aromatic heterocycles. The summed E-state index contributed by atoms with van der Waals surface area (Å²) in [5.41, 5.74) is 1.76. The van der Waals surface area contributed by atoms with E-state index in [0.717, 1.165) is 17.5 Å². The Balaban J connectivity index is 2.46. The van der Waals surface area contributed by atoms with Crippen LogP contribution in [0.15, 0.2) is 12.3 Å². The molecule has 0 aromatic carbocycles. The van der Waals surface area contributed by atoms with Crippen molar-refractivity contribution >= 4 is 0 Å². The van der Waals surface area contributed by atoms with Gasteiger partial charge in [0.05, 0.1) is 0 Å². The van der Waals surface area contributed by atoms with Gasteiger partial charge in [-0.25, -0.2) is 0 Å². The fourth-order valence-corrected chi connectivity index (χ4v) is 1.68. The van der Waals surface area contributed by atoms with Crippen LogP contribution in [0.4, 0.5) is 8.78 Å². The van der Waals surface area contributed by atoms with Gasteiger partial charge in [-0.3, -0.25) is 4.98 Å². The minimum atomic E-state index is -2.69. The van der Waals surface area contributed by atoms with Crippen LogP contribution in [0.25, 0.3) is 0 Å². The number of aromatic nitrogens is 1. The topological polar surface area (TPSA) is 12.9 Å². The maximum atomic E-state index is 13.1. The number of alkyl halides is 2. The Kier molecular flexibility index (Phi) is 1.82. The number of aryl methyl sites for hydroxylation is 2. The van der Waals surface area contributed by atoms with E-state index in [2.05, 4.69) is 4.98 Å². The molecular weight excluding hydrogens is 172 g/mol.